The lowest BCUT2D eigenvalue weighted by atomic mass is 10.1. The summed E-state index contributed by atoms with van der Waals surface area (Å²) in [6.07, 6.45) is 2.87. The van der Waals surface area contributed by atoms with Crippen molar-refractivity contribution in [2.75, 3.05) is 0 Å². The maximum atomic E-state index is 13.4. The van der Waals surface area contributed by atoms with Crippen molar-refractivity contribution in [3.05, 3.63) is 53.1 Å². The van der Waals surface area contributed by atoms with Gasteiger partial charge >= 0.3 is 0 Å². The minimum absolute atomic E-state index is 0.0314. The summed E-state index contributed by atoms with van der Waals surface area (Å²) in [6, 6.07) is 8.29. The number of aromatic nitrogens is 2. The van der Waals surface area contributed by atoms with Gasteiger partial charge in [-0.05, 0) is 43.5 Å². The second-order valence-electron chi connectivity index (χ2n) is 5.89. The number of carbonyl (C=O) groups is 1. The van der Waals surface area contributed by atoms with Crippen molar-refractivity contribution in [1.29, 1.82) is 0 Å². The van der Waals surface area contributed by atoms with Gasteiger partial charge in [-0.15, -0.1) is 0 Å². The highest BCUT2D eigenvalue weighted by molar-refractivity contribution is 7.21. The summed E-state index contributed by atoms with van der Waals surface area (Å²) in [6.45, 7) is 2.75. The molecular weight excluding hydrogens is 300 g/mol. The van der Waals surface area contributed by atoms with Crippen LogP contribution in [0.25, 0.3) is 0 Å². The number of hydrogen-bond donors (Lipinski definition) is 1. The van der Waals surface area contributed by atoms with E-state index in [0.29, 0.717) is 17.9 Å². The zero-order valence-corrected chi connectivity index (χ0v) is 13.3. The van der Waals surface area contributed by atoms with Crippen LogP contribution in [0.4, 0.5) is 4.39 Å². The molecule has 0 spiro atoms. The molecule has 0 radical (unpaired) electrons. The number of H-pyrrole nitrogens is 1. The number of hydrogen-bond acceptors (Lipinski definition) is 2. The van der Waals surface area contributed by atoms with Crippen LogP contribution in [0.15, 0.2) is 30.3 Å². The highest BCUT2D eigenvalue weighted by atomic mass is 31.0. The monoisotopic (exact) mass is 317 g/mol. The third-order valence-electron chi connectivity index (χ3n) is 4.09. The summed E-state index contributed by atoms with van der Waals surface area (Å²) in [4.78, 5) is 13.0. The molecule has 0 atom stereocenters. The summed E-state index contributed by atoms with van der Waals surface area (Å²) in [7, 11) is 3.66. The zero-order valence-electron chi connectivity index (χ0n) is 12.3. The first-order valence-electron chi connectivity index (χ1n) is 7.13. The van der Waals surface area contributed by atoms with Gasteiger partial charge in [0.05, 0.1) is 11.1 Å². The lowest BCUT2D eigenvalue weighted by molar-refractivity contribution is 0.111. The molecule has 1 saturated carbocycles. The molecule has 1 aliphatic carbocycles. The highest BCUT2D eigenvalue weighted by Gasteiger charge is 2.45. The molecule has 0 aliphatic heterocycles. The number of carbonyl (C=O) groups excluding carboxylic acids is 1. The summed E-state index contributed by atoms with van der Waals surface area (Å²) in [5.41, 5.74) is 2.83. The van der Waals surface area contributed by atoms with Crippen molar-refractivity contribution >= 4 is 20.6 Å². The Kier molecular flexibility index (Phi) is 3.94. The van der Waals surface area contributed by atoms with E-state index in [1.807, 2.05) is 6.07 Å². The minimum atomic E-state index is -0.239. The third kappa shape index (κ3) is 3.01. The topological polar surface area (TPSA) is 49.0 Å². The number of nitrogens with one attached hydrogen (secondary N) is 1. The van der Waals surface area contributed by atoms with Crippen LogP contribution >= 0.6 is 8.86 Å². The standard InChI is InChI=1S/C16H17FN3OP/c1-16(5-6-16)20(9-11-3-2-4-12(17)7-11)15(22)14-8-13(10-21)18-19-14/h2-4,7-8,10,22H,5-6,9H2,1H3,(H,18,19). The van der Waals surface area contributed by atoms with Crippen molar-refractivity contribution < 1.29 is 9.18 Å². The van der Waals surface area contributed by atoms with Gasteiger partial charge in [0, 0.05) is 12.1 Å². The lowest BCUT2D eigenvalue weighted by Crippen LogP contribution is -2.39. The first-order chi connectivity index (χ1) is 10.5. The van der Waals surface area contributed by atoms with Gasteiger partial charge in [0.15, 0.2) is 6.29 Å². The maximum absolute atomic E-state index is 13.4. The van der Waals surface area contributed by atoms with Crippen LogP contribution in [-0.2, 0) is 6.54 Å². The fourth-order valence-corrected chi connectivity index (χ4v) is 2.94. The number of rotatable bonds is 6. The molecule has 1 aromatic heterocycles. The maximum Gasteiger partial charge on any atom is 0.167 e. The van der Waals surface area contributed by atoms with Crippen molar-refractivity contribution in [2.45, 2.75) is 31.8 Å². The van der Waals surface area contributed by atoms with E-state index in [1.165, 1.54) is 6.07 Å². The highest BCUT2D eigenvalue weighted by Crippen LogP contribution is 2.43. The van der Waals surface area contributed by atoms with E-state index in [-0.39, 0.29) is 11.4 Å². The van der Waals surface area contributed by atoms with E-state index >= 15 is 0 Å². The van der Waals surface area contributed by atoms with Gasteiger partial charge in [-0.1, -0.05) is 21.0 Å². The molecule has 1 heterocycles. The normalized spacial score (nSPS) is 15.8. The SMILES string of the molecule is CC1(N(Cc2cccc(F)c2)C(=P)c2cc(C=O)[nH]n2)CC1. The van der Waals surface area contributed by atoms with Crippen LogP contribution in [0.2, 0.25) is 0 Å². The second kappa shape index (κ2) is 5.75. The Balaban J connectivity index is 1.87. The van der Waals surface area contributed by atoms with E-state index in [4.69, 9.17) is 0 Å². The minimum Gasteiger partial charge on any atom is -0.296 e. The average Bonchev–Trinajstić information content (AvgIpc) is 3.07. The molecule has 114 valence electrons. The van der Waals surface area contributed by atoms with E-state index < -0.39 is 0 Å². The molecule has 4 nitrogen and oxygen atoms in total. The van der Waals surface area contributed by atoms with Crippen LogP contribution in [0.3, 0.4) is 0 Å². The van der Waals surface area contributed by atoms with Crippen molar-refractivity contribution in [3.63, 3.8) is 0 Å². The molecule has 0 amide bonds. The predicted octanol–water partition coefficient (Wildman–Crippen LogP) is 3.04. The number of halogens is 1. The molecule has 1 aromatic carbocycles. The number of aromatic amines is 1. The molecule has 6 heteroatoms. The molecule has 1 N–H and O–H groups in total. The van der Waals surface area contributed by atoms with Gasteiger partial charge in [-0.3, -0.25) is 14.8 Å². The summed E-state index contributed by atoms with van der Waals surface area (Å²) in [5.74, 6) is -0.239. The Hall–Kier alpha value is -1.84. The number of nitrogens with zero attached hydrogens (tertiary/aromatic N) is 2. The molecule has 0 unspecified atom stereocenters. The Morgan fingerprint density at radius 3 is 2.86 bits per heavy atom. The molecular formula is C16H17FN3OP. The molecule has 0 saturated heterocycles. The Morgan fingerprint density at radius 1 is 1.50 bits per heavy atom. The van der Waals surface area contributed by atoms with E-state index in [0.717, 1.165) is 30.1 Å². The molecule has 22 heavy (non-hydrogen) atoms. The Labute approximate surface area is 130 Å². The van der Waals surface area contributed by atoms with Crippen molar-refractivity contribution in [3.8, 4) is 0 Å². The second-order valence-corrected chi connectivity index (χ2v) is 6.36. The molecule has 1 aliphatic rings. The van der Waals surface area contributed by atoms with Crippen LogP contribution < -0.4 is 0 Å². The molecule has 2 aromatic rings. The molecule has 1 fully saturated rings. The van der Waals surface area contributed by atoms with Gasteiger partial charge < -0.3 is 0 Å². The fraction of sp³-hybridized carbons (Fsp3) is 0.312. The van der Waals surface area contributed by atoms with Crippen LogP contribution in [0.1, 0.15) is 41.5 Å². The van der Waals surface area contributed by atoms with Crippen molar-refractivity contribution in [2.24, 2.45) is 0 Å². The number of aldehydes is 1. The van der Waals surface area contributed by atoms with Crippen LogP contribution in [0, 0.1) is 5.82 Å². The third-order valence-corrected chi connectivity index (χ3v) is 4.62. The summed E-state index contributed by atoms with van der Waals surface area (Å²) >= 11 is 0. The predicted molar refractivity (Wildman–Crippen MR) is 86.0 cm³/mol. The van der Waals surface area contributed by atoms with Crippen LogP contribution in [-0.4, -0.2) is 32.3 Å². The van der Waals surface area contributed by atoms with Gasteiger partial charge in [0.2, 0.25) is 0 Å². The quantitative estimate of drug-likeness (QED) is 0.658. The lowest BCUT2D eigenvalue weighted by Gasteiger charge is -2.29. The van der Waals surface area contributed by atoms with Gasteiger partial charge in [-0.25, -0.2) is 4.39 Å². The molecule has 3 rings (SSSR count). The van der Waals surface area contributed by atoms with Crippen LogP contribution in [0.5, 0.6) is 0 Å². The number of benzene rings is 1. The first-order valence-corrected chi connectivity index (χ1v) is 7.63. The fourth-order valence-electron chi connectivity index (χ4n) is 2.47. The van der Waals surface area contributed by atoms with E-state index in [1.54, 1.807) is 18.2 Å². The van der Waals surface area contributed by atoms with E-state index in [9.17, 15) is 9.18 Å². The molecule has 0 bridgehead atoms. The van der Waals surface area contributed by atoms with Gasteiger partial charge in [-0.2, -0.15) is 5.10 Å². The summed E-state index contributed by atoms with van der Waals surface area (Å²) in [5, 5.41) is 6.83. The zero-order chi connectivity index (χ0) is 15.7. The largest absolute Gasteiger partial charge is 0.296 e. The Morgan fingerprint density at radius 2 is 2.27 bits per heavy atom. The van der Waals surface area contributed by atoms with Gasteiger partial charge in [0.1, 0.15) is 11.5 Å². The Bertz CT molecular complexity index is 724. The van der Waals surface area contributed by atoms with E-state index in [2.05, 4.69) is 30.9 Å². The smallest absolute Gasteiger partial charge is 0.167 e. The van der Waals surface area contributed by atoms with Gasteiger partial charge in [0.25, 0.3) is 0 Å². The first kappa shape index (κ1) is 15.1. The summed E-state index contributed by atoms with van der Waals surface area (Å²) < 4.78 is 13.4. The van der Waals surface area contributed by atoms with Crippen molar-refractivity contribution in [1.82, 2.24) is 15.1 Å². The average molecular weight is 317 g/mol.